The molecule has 0 atom stereocenters. The van der Waals surface area contributed by atoms with Crippen molar-refractivity contribution in [3.8, 4) is 0 Å². The van der Waals surface area contributed by atoms with Crippen LogP contribution in [0.2, 0.25) is 5.02 Å². The van der Waals surface area contributed by atoms with E-state index in [9.17, 15) is 0 Å². The maximum Gasteiger partial charge on any atom is 0.0826 e. The van der Waals surface area contributed by atoms with Crippen LogP contribution in [-0.4, -0.2) is 4.20 Å². The summed E-state index contributed by atoms with van der Waals surface area (Å²) >= 11 is 13.4. The first-order valence-electron chi connectivity index (χ1n) is 7.12. The second kappa shape index (κ2) is 8.08. The quantitative estimate of drug-likeness (QED) is 0.419. The summed E-state index contributed by atoms with van der Waals surface area (Å²) in [7, 11) is -0.579. The average molecular weight is 373 g/mol. The Kier molecular flexibility index (Phi) is 5.85. The molecule has 0 heterocycles. The zero-order valence-corrected chi connectivity index (χ0v) is 15.5. The highest BCUT2D eigenvalue weighted by Gasteiger charge is 2.17. The zero-order chi connectivity index (χ0) is 16.1. The van der Waals surface area contributed by atoms with E-state index in [4.69, 9.17) is 23.8 Å². The van der Waals surface area contributed by atoms with Gasteiger partial charge >= 0.3 is 0 Å². The van der Waals surface area contributed by atoms with Crippen molar-refractivity contribution in [2.24, 2.45) is 0 Å². The molecule has 0 saturated carbocycles. The standard InChI is InChI=1S/C19H14ClPS2/c20-16-13-11-15(12-14-16)19(22)23-21(17-7-3-1-4-8-17)18-9-5-2-6-10-18/h1-14H. The molecule has 3 rings (SSSR count). The Balaban J connectivity index is 1.90. The van der Waals surface area contributed by atoms with Crippen molar-refractivity contribution in [1.29, 1.82) is 0 Å². The molecule has 4 heteroatoms. The van der Waals surface area contributed by atoms with Gasteiger partial charge in [0.1, 0.15) is 0 Å². The Bertz CT molecular complexity index is 734. The minimum atomic E-state index is -0.579. The summed E-state index contributed by atoms with van der Waals surface area (Å²) in [5.41, 5.74) is 1.05. The lowest BCUT2D eigenvalue weighted by molar-refractivity contribution is 1.68. The molecule has 3 aromatic carbocycles. The van der Waals surface area contributed by atoms with Gasteiger partial charge in [-0.05, 0) is 28.3 Å². The Hall–Kier alpha value is -1.18. The molecule has 23 heavy (non-hydrogen) atoms. The van der Waals surface area contributed by atoms with Gasteiger partial charge in [-0.15, -0.1) is 0 Å². The fourth-order valence-corrected chi connectivity index (χ4v) is 7.01. The summed E-state index contributed by atoms with van der Waals surface area (Å²) in [5.74, 6) is 0. The molecule has 0 N–H and O–H groups in total. The predicted molar refractivity (Wildman–Crippen MR) is 110 cm³/mol. The zero-order valence-electron chi connectivity index (χ0n) is 12.2. The molecule has 114 valence electrons. The van der Waals surface area contributed by atoms with Gasteiger partial charge in [-0.2, -0.15) is 0 Å². The van der Waals surface area contributed by atoms with E-state index in [0.717, 1.165) is 14.8 Å². The number of hydrogen-bond donors (Lipinski definition) is 0. The van der Waals surface area contributed by atoms with E-state index >= 15 is 0 Å². The molecule has 3 aromatic rings. The van der Waals surface area contributed by atoms with Gasteiger partial charge in [0.25, 0.3) is 0 Å². The van der Waals surface area contributed by atoms with Crippen molar-refractivity contribution in [2.45, 2.75) is 0 Å². The van der Waals surface area contributed by atoms with E-state index < -0.39 is 7.12 Å². The first-order valence-corrected chi connectivity index (χ1v) is 10.7. The topological polar surface area (TPSA) is 0 Å². The lowest BCUT2D eigenvalue weighted by atomic mass is 10.2. The Morgan fingerprint density at radius 1 is 0.739 bits per heavy atom. The van der Waals surface area contributed by atoms with Crippen LogP contribution in [0.3, 0.4) is 0 Å². The van der Waals surface area contributed by atoms with Crippen LogP contribution in [0.5, 0.6) is 0 Å². The molecule has 0 saturated heterocycles. The minimum absolute atomic E-state index is 0.579. The largest absolute Gasteiger partial charge is 0.0843 e. The maximum absolute atomic E-state index is 5.97. The van der Waals surface area contributed by atoms with Crippen molar-refractivity contribution in [3.63, 3.8) is 0 Å². The predicted octanol–water partition coefficient (Wildman–Crippen LogP) is 5.80. The summed E-state index contributed by atoms with van der Waals surface area (Å²) < 4.78 is 0.903. The minimum Gasteiger partial charge on any atom is -0.0843 e. The third-order valence-electron chi connectivity index (χ3n) is 3.24. The highest BCUT2D eigenvalue weighted by atomic mass is 35.5. The first-order chi connectivity index (χ1) is 11.2. The molecule has 0 aromatic heterocycles. The molecule has 0 nitrogen and oxygen atoms in total. The SMILES string of the molecule is S=C(SP(c1ccccc1)c1ccccc1)c1ccc(Cl)cc1. The van der Waals surface area contributed by atoms with E-state index in [1.165, 1.54) is 10.6 Å². The molecule has 0 unspecified atom stereocenters. The fourth-order valence-electron chi connectivity index (χ4n) is 2.10. The molecule has 0 amide bonds. The van der Waals surface area contributed by atoms with Crippen molar-refractivity contribution in [2.75, 3.05) is 0 Å². The van der Waals surface area contributed by atoms with Gasteiger partial charge in [0.2, 0.25) is 0 Å². The number of benzene rings is 3. The second-order valence-corrected chi connectivity index (χ2v) is 9.81. The monoisotopic (exact) mass is 372 g/mol. The van der Waals surface area contributed by atoms with Crippen LogP contribution in [0.15, 0.2) is 84.9 Å². The van der Waals surface area contributed by atoms with Gasteiger partial charge < -0.3 is 0 Å². The van der Waals surface area contributed by atoms with Gasteiger partial charge in [0.05, 0.1) is 4.20 Å². The van der Waals surface area contributed by atoms with Crippen molar-refractivity contribution < 1.29 is 0 Å². The summed E-state index contributed by atoms with van der Waals surface area (Å²) in [5, 5.41) is 3.36. The molecule has 0 bridgehead atoms. The summed E-state index contributed by atoms with van der Waals surface area (Å²) in [6.07, 6.45) is 0. The van der Waals surface area contributed by atoms with E-state index in [2.05, 4.69) is 48.5 Å². The van der Waals surface area contributed by atoms with Gasteiger partial charge in [-0.1, -0.05) is 108 Å². The van der Waals surface area contributed by atoms with Crippen molar-refractivity contribution in [1.82, 2.24) is 0 Å². The molecule has 0 aliphatic heterocycles. The maximum atomic E-state index is 5.97. The molecular weight excluding hydrogens is 359 g/mol. The number of thiocarbonyl (C=S) groups is 1. The van der Waals surface area contributed by atoms with Crippen molar-refractivity contribution >= 4 is 57.1 Å². The van der Waals surface area contributed by atoms with Crippen LogP contribution < -0.4 is 10.6 Å². The number of rotatable bonds is 4. The molecule has 0 fully saturated rings. The number of hydrogen-bond acceptors (Lipinski definition) is 2. The highest BCUT2D eigenvalue weighted by Crippen LogP contribution is 2.49. The molecule has 0 radical (unpaired) electrons. The lowest BCUT2D eigenvalue weighted by Gasteiger charge is -2.18. The smallest absolute Gasteiger partial charge is 0.0826 e. The Labute approximate surface area is 152 Å². The van der Waals surface area contributed by atoms with Gasteiger partial charge in [-0.25, -0.2) is 0 Å². The van der Waals surface area contributed by atoms with Crippen LogP contribution in [0.25, 0.3) is 0 Å². The molecular formula is C19H14ClPS2. The van der Waals surface area contributed by atoms with Gasteiger partial charge in [0.15, 0.2) is 0 Å². The summed E-state index contributed by atoms with van der Waals surface area (Å²) in [4.78, 5) is 0. The molecule has 0 spiro atoms. The first kappa shape index (κ1) is 16.7. The van der Waals surface area contributed by atoms with Crippen LogP contribution in [0.1, 0.15) is 5.56 Å². The van der Waals surface area contributed by atoms with Crippen LogP contribution >= 0.6 is 42.3 Å². The fraction of sp³-hybridized carbons (Fsp3) is 0. The Morgan fingerprint density at radius 2 is 1.22 bits per heavy atom. The molecule has 0 aliphatic rings. The summed E-state index contributed by atoms with van der Waals surface area (Å²) in [6, 6.07) is 28.9. The lowest BCUT2D eigenvalue weighted by Crippen LogP contribution is -2.10. The van der Waals surface area contributed by atoms with E-state index in [0.29, 0.717) is 0 Å². The molecule has 0 aliphatic carbocycles. The third-order valence-corrected chi connectivity index (χ3v) is 8.82. The normalized spacial score (nSPS) is 10.7. The van der Waals surface area contributed by atoms with Gasteiger partial charge in [0, 0.05) is 12.1 Å². The summed E-state index contributed by atoms with van der Waals surface area (Å²) in [6.45, 7) is 0. The van der Waals surface area contributed by atoms with E-state index in [1.54, 1.807) is 11.4 Å². The van der Waals surface area contributed by atoms with Crippen LogP contribution in [-0.2, 0) is 0 Å². The average Bonchev–Trinajstić information content (AvgIpc) is 2.61. The van der Waals surface area contributed by atoms with Crippen LogP contribution in [0.4, 0.5) is 0 Å². The Morgan fingerprint density at radius 3 is 1.70 bits per heavy atom. The highest BCUT2D eigenvalue weighted by molar-refractivity contribution is 8.69. The second-order valence-electron chi connectivity index (χ2n) is 4.85. The number of halogens is 1. The van der Waals surface area contributed by atoms with E-state index in [1.807, 2.05) is 36.4 Å². The van der Waals surface area contributed by atoms with Gasteiger partial charge in [-0.3, -0.25) is 0 Å². The van der Waals surface area contributed by atoms with Crippen molar-refractivity contribution in [3.05, 3.63) is 95.5 Å². The van der Waals surface area contributed by atoms with E-state index in [-0.39, 0.29) is 0 Å². The van der Waals surface area contributed by atoms with Crippen LogP contribution in [0, 0.1) is 0 Å². The third kappa shape index (κ3) is 4.43.